The van der Waals surface area contributed by atoms with Crippen LogP contribution in [0.15, 0.2) is 18.2 Å². The Labute approximate surface area is 188 Å². The van der Waals surface area contributed by atoms with Gasteiger partial charge in [-0.3, -0.25) is 14.5 Å². The second-order valence-electron chi connectivity index (χ2n) is 8.92. The molecule has 0 spiro atoms. The van der Waals surface area contributed by atoms with Gasteiger partial charge in [-0.1, -0.05) is 11.6 Å². The number of amides is 3. The Balaban J connectivity index is 1.88. The van der Waals surface area contributed by atoms with Crippen molar-refractivity contribution in [2.75, 3.05) is 23.3 Å². The predicted octanol–water partition coefficient (Wildman–Crippen LogP) is 4.20. The Morgan fingerprint density at radius 3 is 2.65 bits per heavy atom. The highest BCUT2D eigenvalue weighted by Crippen LogP contribution is 2.37. The molecular formula is C23H28ClN3O4. The number of carbonyl (C=O) groups is 3. The van der Waals surface area contributed by atoms with Crippen molar-refractivity contribution in [2.45, 2.75) is 64.0 Å². The minimum atomic E-state index is -1.22. The normalized spacial score (nSPS) is 21.2. The maximum Gasteiger partial charge on any atom is 0.411 e. The van der Waals surface area contributed by atoms with Crippen LogP contribution in [0.5, 0.6) is 0 Å². The van der Waals surface area contributed by atoms with Crippen LogP contribution >= 0.6 is 11.6 Å². The van der Waals surface area contributed by atoms with Crippen LogP contribution in [0.2, 0.25) is 5.02 Å². The lowest BCUT2D eigenvalue weighted by Gasteiger charge is -2.36. The summed E-state index contributed by atoms with van der Waals surface area (Å²) in [5.74, 6) is 2.17. The van der Waals surface area contributed by atoms with Crippen LogP contribution in [0.25, 0.3) is 0 Å². The molecular weight excluding hydrogens is 418 g/mol. The first-order valence-electron chi connectivity index (χ1n) is 10.4. The third-order valence-electron chi connectivity index (χ3n) is 5.50. The number of hydrogen-bond donors (Lipinski definition) is 1. The van der Waals surface area contributed by atoms with E-state index in [2.05, 4.69) is 11.2 Å². The monoisotopic (exact) mass is 445 g/mol. The van der Waals surface area contributed by atoms with E-state index in [1.807, 2.05) is 0 Å². The number of ether oxygens (including phenoxy) is 1. The van der Waals surface area contributed by atoms with E-state index in [-0.39, 0.29) is 12.3 Å². The van der Waals surface area contributed by atoms with Gasteiger partial charge < -0.3 is 15.0 Å². The average Bonchev–Trinajstić information content (AvgIpc) is 3.29. The van der Waals surface area contributed by atoms with Gasteiger partial charge in [0.25, 0.3) is 5.91 Å². The first kappa shape index (κ1) is 23.0. The molecule has 2 aliphatic heterocycles. The number of nitrogens with zero attached hydrogens (tertiary/aromatic N) is 2. The molecule has 3 amide bonds. The van der Waals surface area contributed by atoms with Crippen LogP contribution in [0.1, 0.15) is 52.9 Å². The summed E-state index contributed by atoms with van der Waals surface area (Å²) in [5.41, 5.74) is -0.877. The van der Waals surface area contributed by atoms with E-state index >= 15 is 0 Å². The summed E-state index contributed by atoms with van der Waals surface area (Å²) in [6.07, 6.45) is 7.41. The van der Waals surface area contributed by atoms with Crippen LogP contribution in [-0.2, 0) is 14.3 Å². The maximum atomic E-state index is 13.5. The highest BCUT2D eigenvalue weighted by Gasteiger charge is 2.50. The zero-order chi connectivity index (χ0) is 22.8. The van der Waals surface area contributed by atoms with Crippen LogP contribution in [-0.4, -0.2) is 47.0 Å². The molecule has 0 aliphatic carbocycles. The Hall–Kier alpha value is -2.72. The molecule has 0 radical (unpaired) electrons. The molecule has 8 heteroatoms. The van der Waals surface area contributed by atoms with Gasteiger partial charge in [-0.05, 0) is 58.2 Å². The molecule has 166 valence electrons. The Kier molecular flexibility index (Phi) is 6.51. The van der Waals surface area contributed by atoms with E-state index in [1.165, 1.54) is 4.90 Å². The van der Waals surface area contributed by atoms with E-state index in [0.717, 1.165) is 6.42 Å². The van der Waals surface area contributed by atoms with Gasteiger partial charge in [0, 0.05) is 31.6 Å². The van der Waals surface area contributed by atoms with Crippen molar-refractivity contribution in [3.63, 3.8) is 0 Å². The van der Waals surface area contributed by atoms with Gasteiger partial charge in [0.1, 0.15) is 11.1 Å². The van der Waals surface area contributed by atoms with Crippen molar-refractivity contribution < 1.29 is 19.1 Å². The maximum absolute atomic E-state index is 13.5. The van der Waals surface area contributed by atoms with Gasteiger partial charge in [-0.2, -0.15) is 0 Å². The minimum Gasteiger partial charge on any atom is -0.444 e. The quantitative estimate of drug-likeness (QED) is 0.704. The van der Waals surface area contributed by atoms with Crippen molar-refractivity contribution >= 4 is 40.9 Å². The zero-order valence-corrected chi connectivity index (χ0v) is 18.9. The number of benzene rings is 1. The number of anilines is 2. The van der Waals surface area contributed by atoms with Gasteiger partial charge in [-0.25, -0.2) is 4.79 Å². The van der Waals surface area contributed by atoms with E-state index < -0.39 is 23.1 Å². The van der Waals surface area contributed by atoms with Crippen LogP contribution < -0.4 is 10.2 Å². The second kappa shape index (κ2) is 8.80. The molecule has 3 rings (SSSR count). The summed E-state index contributed by atoms with van der Waals surface area (Å²) in [6, 6.07) is 5.08. The van der Waals surface area contributed by atoms with Gasteiger partial charge in [0.05, 0.1) is 10.7 Å². The third kappa shape index (κ3) is 4.80. The van der Waals surface area contributed by atoms with Crippen molar-refractivity contribution in [2.24, 2.45) is 0 Å². The first-order chi connectivity index (χ1) is 14.6. The molecule has 1 aromatic rings. The SMILES string of the molecule is C#CCC1(C(=O)Nc2cc(N3CCCC3=O)ccc2Cl)CCCN1C(=O)OC(C)(C)C. The summed E-state index contributed by atoms with van der Waals surface area (Å²) < 4.78 is 5.51. The molecule has 2 fully saturated rings. The molecule has 1 N–H and O–H groups in total. The lowest BCUT2D eigenvalue weighted by atomic mass is 9.91. The lowest BCUT2D eigenvalue weighted by Crippen LogP contribution is -2.56. The highest BCUT2D eigenvalue weighted by molar-refractivity contribution is 6.34. The van der Waals surface area contributed by atoms with E-state index in [0.29, 0.717) is 48.7 Å². The average molecular weight is 446 g/mol. The van der Waals surface area contributed by atoms with Gasteiger partial charge in [0.15, 0.2) is 0 Å². The third-order valence-corrected chi connectivity index (χ3v) is 5.83. The lowest BCUT2D eigenvalue weighted by molar-refractivity contribution is -0.126. The number of likely N-dealkylation sites (tertiary alicyclic amines) is 1. The van der Waals surface area contributed by atoms with Crippen molar-refractivity contribution in [3.8, 4) is 12.3 Å². The second-order valence-corrected chi connectivity index (χ2v) is 9.32. The van der Waals surface area contributed by atoms with Crippen molar-refractivity contribution in [3.05, 3.63) is 23.2 Å². The predicted molar refractivity (Wildman–Crippen MR) is 120 cm³/mol. The zero-order valence-electron chi connectivity index (χ0n) is 18.2. The standard InChI is InChI=1S/C23H28ClN3O4/c1-5-11-23(12-7-14-27(23)21(30)31-22(2,3)4)20(29)25-18-15-16(9-10-17(18)24)26-13-6-8-19(26)28/h1,9-10,15H,6-8,11-14H2,2-4H3,(H,25,29). The smallest absolute Gasteiger partial charge is 0.411 e. The molecule has 0 bridgehead atoms. The number of hydrogen-bond acceptors (Lipinski definition) is 4. The summed E-state index contributed by atoms with van der Waals surface area (Å²) in [5, 5.41) is 3.18. The molecule has 2 saturated heterocycles. The Bertz CT molecular complexity index is 934. The summed E-state index contributed by atoms with van der Waals surface area (Å²) >= 11 is 6.33. The van der Waals surface area contributed by atoms with E-state index in [4.69, 9.17) is 22.8 Å². The van der Waals surface area contributed by atoms with Gasteiger partial charge >= 0.3 is 6.09 Å². The number of terminal acetylenes is 1. The Morgan fingerprint density at radius 2 is 2.03 bits per heavy atom. The fourth-order valence-corrected chi connectivity index (χ4v) is 4.23. The van der Waals surface area contributed by atoms with Gasteiger partial charge in [0.2, 0.25) is 5.91 Å². The Morgan fingerprint density at radius 1 is 1.29 bits per heavy atom. The van der Waals surface area contributed by atoms with Crippen LogP contribution in [0.4, 0.5) is 16.2 Å². The number of rotatable bonds is 4. The number of halogens is 1. The molecule has 2 aliphatic rings. The number of carbonyl (C=O) groups excluding carboxylic acids is 3. The highest BCUT2D eigenvalue weighted by atomic mass is 35.5. The largest absolute Gasteiger partial charge is 0.444 e. The summed E-state index contributed by atoms with van der Waals surface area (Å²) in [4.78, 5) is 41.5. The molecule has 31 heavy (non-hydrogen) atoms. The molecule has 2 heterocycles. The van der Waals surface area contributed by atoms with E-state index in [9.17, 15) is 14.4 Å². The summed E-state index contributed by atoms with van der Waals surface area (Å²) in [7, 11) is 0. The van der Waals surface area contributed by atoms with Crippen LogP contribution in [0.3, 0.4) is 0 Å². The number of nitrogens with one attached hydrogen (secondary N) is 1. The molecule has 0 saturated carbocycles. The topological polar surface area (TPSA) is 79.0 Å². The molecule has 1 unspecified atom stereocenters. The summed E-state index contributed by atoms with van der Waals surface area (Å²) in [6.45, 7) is 6.32. The van der Waals surface area contributed by atoms with Crippen LogP contribution in [0, 0.1) is 12.3 Å². The molecule has 0 aromatic heterocycles. The van der Waals surface area contributed by atoms with Crippen molar-refractivity contribution in [1.29, 1.82) is 0 Å². The van der Waals surface area contributed by atoms with Gasteiger partial charge in [-0.15, -0.1) is 12.3 Å². The molecule has 7 nitrogen and oxygen atoms in total. The van der Waals surface area contributed by atoms with Crippen molar-refractivity contribution in [1.82, 2.24) is 4.90 Å². The fourth-order valence-electron chi connectivity index (χ4n) is 4.07. The molecule has 1 aromatic carbocycles. The first-order valence-corrected chi connectivity index (χ1v) is 10.8. The fraction of sp³-hybridized carbons (Fsp3) is 0.522. The molecule has 1 atom stereocenters. The van der Waals surface area contributed by atoms with E-state index in [1.54, 1.807) is 43.9 Å². The minimum absolute atomic E-state index is 0.0373.